The second kappa shape index (κ2) is 6.74. The van der Waals surface area contributed by atoms with Crippen molar-refractivity contribution in [1.82, 2.24) is 9.80 Å². The summed E-state index contributed by atoms with van der Waals surface area (Å²) in [7, 11) is 4.20. The molecule has 1 N–H and O–H groups in total. The Morgan fingerprint density at radius 1 is 1.47 bits per heavy atom. The Labute approximate surface area is 97.8 Å². The molecule has 0 amide bonds. The Kier molecular flexibility index (Phi) is 5.97. The summed E-state index contributed by atoms with van der Waals surface area (Å²) in [6, 6.07) is 0.549. The molecule has 2 atom stereocenters. The van der Waals surface area contributed by atoms with Gasteiger partial charge < -0.3 is 10.0 Å². The van der Waals surface area contributed by atoms with E-state index in [4.69, 9.17) is 0 Å². The first-order chi connectivity index (χ1) is 7.13. The molecule has 0 spiro atoms. The van der Waals surface area contributed by atoms with Crippen LogP contribution in [0.5, 0.6) is 0 Å². The molecule has 0 aromatic carbocycles. The van der Waals surface area contributed by atoms with Crippen molar-refractivity contribution in [2.45, 2.75) is 25.5 Å². The number of aliphatic hydroxyl groups is 1. The van der Waals surface area contributed by atoms with Gasteiger partial charge in [-0.2, -0.15) is 11.8 Å². The van der Waals surface area contributed by atoms with Gasteiger partial charge in [-0.15, -0.1) is 0 Å². The molecule has 1 heterocycles. The van der Waals surface area contributed by atoms with Gasteiger partial charge in [0.1, 0.15) is 0 Å². The van der Waals surface area contributed by atoms with Crippen LogP contribution in [0, 0.1) is 0 Å². The van der Waals surface area contributed by atoms with Crippen LogP contribution < -0.4 is 0 Å². The Morgan fingerprint density at radius 2 is 2.20 bits per heavy atom. The van der Waals surface area contributed by atoms with Gasteiger partial charge in [-0.05, 0) is 26.3 Å². The maximum Gasteiger partial charge on any atom is 0.0682 e. The van der Waals surface area contributed by atoms with E-state index in [1.807, 2.05) is 11.8 Å². The zero-order chi connectivity index (χ0) is 11.3. The lowest BCUT2D eigenvalue weighted by atomic mass is 10.2. The van der Waals surface area contributed by atoms with Crippen molar-refractivity contribution in [3.63, 3.8) is 0 Å². The molecular formula is C11H24N2OS. The Morgan fingerprint density at radius 3 is 2.80 bits per heavy atom. The van der Waals surface area contributed by atoms with Gasteiger partial charge in [-0.25, -0.2) is 0 Å². The average molecular weight is 232 g/mol. The van der Waals surface area contributed by atoms with Gasteiger partial charge in [0.25, 0.3) is 0 Å². The summed E-state index contributed by atoms with van der Waals surface area (Å²) in [6.45, 7) is 5.24. The third-order valence-corrected chi connectivity index (χ3v) is 3.69. The highest BCUT2D eigenvalue weighted by molar-refractivity contribution is 7.99. The van der Waals surface area contributed by atoms with Crippen LogP contribution in [0.4, 0.5) is 0 Å². The van der Waals surface area contributed by atoms with Crippen molar-refractivity contribution in [2.24, 2.45) is 0 Å². The van der Waals surface area contributed by atoms with Gasteiger partial charge in [-0.1, -0.05) is 6.92 Å². The predicted molar refractivity (Wildman–Crippen MR) is 67.5 cm³/mol. The SMILES string of the molecule is CCSCCN1CC(O)CC1CN(C)C. The number of likely N-dealkylation sites (N-methyl/N-ethyl adjacent to an activating group) is 1. The monoisotopic (exact) mass is 232 g/mol. The Hall–Kier alpha value is 0.230. The maximum absolute atomic E-state index is 9.67. The zero-order valence-corrected chi connectivity index (χ0v) is 11.0. The number of hydrogen-bond donors (Lipinski definition) is 1. The molecule has 0 aromatic rings. The van der Waals surface area contributed by atoms with Crippen LogP contribution >= 0.6 is 11.8 Å². The third kappa shape index (κ3) is 4.72. The van der Waals surface area contributed by atoms with Crippen molar-refractivity contribution >= 4 is 11.8 Å². The molecule has 15 heavy (non-hydrogen) atoms. The summed E-state index contributed by atoms with van der Waals surface area (Å²) in [5.74, 6) is 2.38. The molecule has 0 bridgehead atoms. The molecule has 1 saturated heterocycles. The van der Waals surface area contributed by atoms with Crippen LogP contribution in [-0.4, -0.2) is 72.3 Å². The molecule has 0 radical (unpaired) electrons. The van der Waals surface area contributed by atoms with Crippen molar-refractivity contribution < 1.29 is 5.11 Å². The molecule has 1 aliphatic heterocycles. The summed E-state index contributed by atoms with van der Waals surface area (Å²) in [5, 5.41) is 9.67. The highest BCUT2D eigenvalue weighted by Crippen LogP contribution is 2.18. The van der Waals surface area contributed by atoms with Crippen LogP contribution in [0.2, 0.25) is 0 Å². The summed E-state index contributed by atoms with van der Waals surface area (Å²) in [4.78, 5) is 4.65. The van der Waals surface area contributed by atoms with Crippen molar-refractivity contribution in [2.75, 3.05) is 45.2 Å². The fourth-order valence-electron chi connectivity index (χ4n) is 2.17. The molecule has 1 rings (SSSR count). The van der Waals surface area contributed by atoms with Gasteiger partial charge in [0.15, 0.2) is 0 Å². The van der Waals surface area contributed by atoms with Crippen molar-refractivity contribution in [3.8, 4) is 0 Å². The van der Waals surface area contributed by atoms with E-state index in [9.17, 15) is 5.11 Å². The lowest BCUT2D eigenvalue weighted by Crippen LogP contribution is -2.38. The van der Waals surface area contributed by atoms with Crippen LogP contribution in [0.3, 0.4) is 0 Å². The van der Waals surface area contributed by atoms with Crippen molar-refractivity contribution in [1.29, 1.82) is 0 Å². The fraction of sp³-hybridized carbons (Fsp3) is 1.00. The third-order valence-electron chi connectivity index (χ3n) is 2.81. The number of aliphatic hydroxyl groups excluding tert-OH is 1. The highest BCUT2D eigenvalue weighted by Gasteiger charge is 2.30. The van der Waals surface area contributed by atoms with E-state index >= 15 is 0 Å². The number of likely N-dealkylation sites (tertiary alicyclic amines) is 1. The summed E-state index contributed by atoms with van der Waals surface area (Å²) in [5.41, 5.74) is 0. The summed E-state index contributed by atoms with van der Waals surface area (Å²) in [6.07, 6.45) is 0.830. The predicted octanol–water partition coefficient (Wildman–Crippen LogP) is 0.736. The minimum atomic E-state index is -0.110. The minimum Gasteiger partial charge on any atom is -0.392 e. The smallest absolute Gasteiger partial charge is 0.0682 e. The normalized spacial score (nSPS) is 27.8. The molecule has 1 aliphatic rings. The first-order valence-electron chi connectivity index (χ1n) is 5.78. The van der Waals surface area contributed by atoms with E-state index in [0.717, 1.165) is 26.1 Å². The molecule has 90 valence electrons. The van der Waals surface area contributed by atoms with Crippen LogP contribution in [0.25, 0.3) is 0 Å². The van der Waals surface area contributed by atoms with E-state index in [1.54, 1.807) is 0 Å². The molecule has 0 saturated carbocycles. The maximum atomic E-state index is 9.67. The van der Waals surface area contributed by atoms with Crippen LogP contribution in [-0.2, 0) is 0 Å². The van der Waals surface area contributed by atoms with Gasteiger partial charge >= 0.3 is 0 Å². The summed E-state index contributed by atoms with van der Waals surface area (Å²) >= 11 is 1.98. The van der Waals surface area contributed by atoms with Gasteiger partial charge in [0.2, 0.25) is 0 Å². The van der Waals surface area contributed by atoms with Crippen LogP contribution in [0.15, 0.2) is 0 Å². The number of rotatable bonds is 6. The summed E-state index contributed by atoms with van der Waals surface area (Å²) < 4.78 is 0. The first-order valence-corrected chi connectivity index (χ1v) is 6.93. The van der Waals surface area contributed by atoms with E-state index in [1.165, 1.54) is 11.5 Å². The molecule has 1 fully saturated rings. The highest BCUT2D eigenvalue weighted by atomic mass is 32.2. The lowest BCUT2D eigenvalue weighted by Gasteiger charge is -2.26. The van der Waals surface area contributed by atoms with E-state index in [0.29, 0.717) is 6.04 Å². The number of nitrogens with zero attached hydrogens (tertiary/aromatic N) is 2. The molecule has 3 nitrogen and oxygen atoms in total. The van der Waals surface area contributed by atoms with Gasteiger partial charge in [-0.3, -0.25) is 4.90 Å². The Bertz CT molecular complexity index is 178. The number of β-amino-alcohol motifs (C(OH)–C–C–N with tert-alkyl or cyclic N) is 1. The lowest BCUT2D eigenvalue weighted by molar-refractivity contribution is 0.176. The standard InChI is InChI=1S/C11H24N2OS/c1-4-15-6-5-13-9-11(14)7-10(13)8-12(2)3/h10-11,14H,4-9H2,1-3H3. The minimum absolute atomic E-state index is 0.110. The molecular weight excluding hydrogens is 208 g/mol. The van der Waals surface area contributed by atoms with Crippen LogP contribution in [0.1, 0.15) is 13.3 Å². The second-order valence-corrected chi connectivity index (χ2v) is 5.89. The average Bonchev–Trinajstić information content (AvgIpc) is 2.46. The topological polar surface area (TPSA) is 26.7 Å². The zero-order valence-electron chi connectivity index (χ0n) is 10.1. The quantitative estimate of drug-likeness (QED) is 0.683. The molecule has 0 aromatic heterocycles. The van der Waals surface area contributed by atoms with E-state index in [2.05, 4.69) is 30.8 Å². The molecule has 0 aliphatic carbocycles. The second-order valence-electron chi connectivity index (χ2n) is 4.50. The van der Waals surface area contributed by atoms with Gasteiger partial charge in [0, 0.05) is 31.4 Å². The number of thioether (sulfide) groups is 1. The van der Waals surface area contributed by atoms with E-state index in [-0.39, 0.29) is 6.10 Å². The largest absolute Gasteiger partial charge is 0.392 e. The number of hydrogen-bond acceptors (Lipinski definition) is 4. The Balaban J connectivity index is 2.31. The molecule has 4 heteroatoms. The molecule has 2 unspecified atom stereocenters. The van der Waals surface area contributed by atoms with Gasteiger partial charge in [0.05, 0.1) is 6.10 Å². The fourth-order valence-corrected chi connectivity index (χ4v) is 2.82. The first kappa shape index (κ1) is 13.3. The van der Waals surface area contributed by atoms with Crippen molar-refractivity contribution in [3.05, 3.63) is 0 Å². The van der Waals surface area contributed by atoms with E-state index < -0.39 is 0 Å².